The van der Waals surface area contributed by atoms with Crippen LogP contribution in [-0.4, -0.2) is 4.98 Å². The van der Waals surface area contributed by atoms with E-state index in [1.54, 1.807) is 36.5 Å². The third-order valence-electron chi connectivity index (χ3n) is 1.82. The molecule has 0 unspecified atom stereocenters. The second kappa shape index (κ2) is 3.99. The molecule has 0 bridgehead atoms. The first-order valence-electron chi connectivity index (χ1n) is 4.05. The molecule has 3 heteroatoms. The third kappa shape index (κ3) is 1.74. The summed E-state index contributed by atoms with van der Waals surface area (Å²) in [6.45, 7) is 0. The van der Waals surface area contributed by atoms with Crippen molar-refractivity contribution >= 4 is 23.2 Å². The van der Waals surface area contributed by atoms with Crippen molar-refractivity contribution in [2.75, 3.05) is 0 Å². The Morgan fingerprint density at radius 2 is 2.00 bits per heavy atom. The van der Waals surface area contributed by atoms with Gasteiger partial charge < -0.3 is 0 Å². The molecule has 0 N–H and O–H groups in total. The summed E-state index contributed by atoms with van der Waals surface area (Å²) in [6.07, 6.45) is 1.69. The van der Waals surface area contributed by atoms with Crippen LogP contribution in [0.5, 0.6) is 0 Å². The Kier molecular flexibility index (Phi) is 2.71. The van der Waals surface area contributed by atoms with Crippen LogP contribution < -0.4 is 0 Å². The molecule has 0 saturated carbocycles. The number of aromatic nitrogens is 1. The zero-order chi connectivity index (χ0) is 9.97. The predicted molar refractivity (Wildman–Crippen MR) is 58.5 cm³/mol. The topological polar surface area (TPSA) is 12.9 Å². The lowest BCUT2D eigenvalue weighted by atomic mass is 10.1. The van der Waals surface area contributed by atoms with Gasteiger partial charge in [-0.15, -0.1) is 0 Å². The number of pyridine rings is 1. The SMILES string of the molecule is Clc1cc[c]cc1-c1ncccc1Cl. The number of hydrogen-bond acceptors (Lipinski definition) is 1. The lowest BCUT2D eigenvalue weighted by Gasteiger charge is -2.04. The standard InChI is InChI=1S/C11H6Cl2N/c12-9-5-2-1-4-8(9)11-10(13)6-3-7-14-11/h2-7H. The van der Waals surface area contributed by atoms with Gasteiger partial charge >= 0.3 is 0 Å². The van der Waals surface area contributed by atoms with Gasteiger partial charge in [-0.1, -0.05) is 29.3 Å². The smallest absolute Gasteiger partial charge is 0.0903 e. The van der Waals surface area contributed by atoms with Gasteiger partial charge in [-0.3, -0.25) is 4.98 Å². The first-order valence-corrected chi connectivity index (χ1v) is 4.81. The molecule has 2 rings (SSSR count). The Morgan fingerprint density at radius 3 is 2.71 bits per heavy atom. The van der Waals surface area contributed by atoms with Crippen LogP contribution >= 0.6 is 23.2 Å². The second-order valence-corrected chi connectivity index (χ2v) is 3.55. The summed E-state index contributed by atoms with van der Waals surface area (Å²) in [7, 11) is 0. The molecule has 1 heterocycles. The maximum Gasteiger partial charge on any atom is 0.0903 e. The van der Waals surface area contributed by atoms with Crippen LogP contribution in [0.25, 0.3) is 11.3 Å². The minimum absolute atomic E-state index is 0.592. The maximum atomic E-state index is 6.01. The van der Waals surface area contributed by atoms with Crippen LogP contribution in [0, 0.1) is 6.07 Å². The summed E-state index contributed by atoms with van der Waals surface area (Å²) in [4.78, 5) is 4.17. The molecule has 0 spiro atoms. The van der Waals surface area contributed by atoms with Gasteiger partial charge in [0.2, 0.25) is 0 Å². The zero-order valence-electron chi connectivity index (χ0n) is 7.17. The number of rotatable bonds is 1. The van der Waals surface area contributed by atoms with Crippen molar-refractivity contribution in [1.82, 2.24) is 4.98 Å². The molecule has 14 heavy (non-hydrogen) atoms. The molecule has 1 aromatic carbocycles. The van der Waals surface area contributed by atoms with Crippen LogP contribution in [0.15, 0.2) is 36.5 Å². The molecule has 0 aliphatic rings. The molecule has 0 atom stereocenters. The molecular weight excluding hydrogens is 217 g/mol. The predicted octanol–water partition coefficient (Wildman–Crippen LogP) is 3.86. The van der Waals surface area contributed by atoms with Gasteiger partial charge in [0.05, 0.1) is 15.7 Å². The highest BCUT2D eigenvalue weighted by atomic mass is 35.5. The van der Waals surface area contributed by atoms with E-state index in [-0.39, 0.29) is 0 Å². The van der Waals surface area contributed by atoms with E-state index in [0.29, 0.717) is 15.7 Å². The van der Waals surface area contributed by atoms with Gasteiger partial charge in [-0.25, -0.2) is 0 Å². The van der Waals surface area contributed by atoms with Crippen molar-refractivity contribution in [3.8, 4) is 11.3 Å². The Labute approximate surface area is 92.3 Å². The fourth-order valence-corrected chi connectivity index (χ4v) is 1.61. The monoisotopic (exact) mass is 222 g/mol. The van der Waals surface area contributed by atoms with Gasteiger partial charge in [0.1, 0.15) is 0 Å². The van der Waals surface area contributed by atoms with Crippen molar-refractivity contribution in [2.45, 2.75) is 0 Å². The Morgan fingerprint density at radius 1 is 1.14 bits per heavy atom. The number of hydrogen-bond donors (Lipinski definition) is 0. The van der Waals surface area contributed by atoms with Crippen molar-refractivity contribution in [3.63, 3.8) is 0 Å². The minimum atomic E-state index is 0.592. The van der Waals surface area contributed by atoms with E-state index in [0.717, 1.165) is 5.56 Å². The highest BCUT2D eigenvalue weighted by Gasteiger charge is 2.06. The highest BCUT2D eigenvalue weighted by molar-refractivity contribution is 6.36. The average Bonchev–Trinajstić information content (AvgIpc) is 2.20. The van der Waals surface area contributed by atoms with E-state index in [1.807, 2.05) is 0 Å². The molecule has 0 amide bonds. The molecule has 0 aliphatic heterocycles. The molecule has 2 aromatic rings. The summed E-state index contributed by atoms with van der Waals surface area (Å²) in [6, 6.07) is 11.8. The first-order chi connectivity index (χ1) is 6.79. The van der Waals surface area contributed by atoms with Crippen molar-refractivity contribution < 1.29 is 0 Å². The lowest BCUT2D eigenvalue weighted by Crippen LogP contribution is -1.84. The normalized spacial score (nSPS) is 10.1. The van der Waals surface area contributed by atoms with Gasteiger partial charge in [0.15, 0.2) is 0 Å². The van der Waals surface area contributed by atoms with E-state index < -0.39 is 0 Å². The highest BCUT2D eigenvalue weighted by Crippen LogP contribution is 2.30. The van der Waals surface area contributed by atoms with E-state index in [9.17, 15) is 0 Å². The third-order valence-corrected chi connectivity index (χ3v) is 2.46. The zero-order valence-corrected chi connectivity index (χ0v) is 8.68. The Hall–Kier alpha value is -1.05. The van der Waals surface area contributed by atoms with Gasteiger partial charge in [-0.2, -0.15) is 0 Å². The number of nitrogens with zero attached hydrogens (tertiary/aromatic N) is 1. The summed E-state index contributed by atoms with van der Waals surface area (Å²) >= 11 is 12.0. The maximum absolute atomic E-state index is 6.01. The summed E-state index contributed by atoms with van der Waals surface area (Å²) < 4.78 is 0. The minimum Gasteiger partial charge on any atom is -0.255 e. The Balaban J connectivity index is 2.61. The fourth-order valence-electron chi connectivity index (χ4n) is 1.18. The average molecular weight is 223 g/mol. The number of benzene rings is 1. The fraction of sp³-hybridized carbons (Fsp3) is 0. The summed E-state index contributed by atoms with van der Waals surface area (Å²) in [5.41, 5.74) is 1.50. The van der Waals surface area contributed by atoms with Crippen LogP contribution in [-0.2, 0) is 0 Å². The van der Waals surface area contributed by atoms with Gasteiger partial charge in [0, 0.05) is 11.8 Å². The molecular formula is C11H6Cl2N. The van der Waals surface area contributed by atoms with Crippen LogP contribution in [0.4, 0.5) is 0 Å². The van der Waals surface area contributed by atoms with Crippen molar-refractivity contribution in [2.24, 2.45) is 0 Å². The molecule has 0 saturated heterocycles. The van der Waals surface area contributed by atoms with E-state index in [2.05, 4.69) is 11.1 Å². The van der Waals surface area contributed by atoms with E-state index in [1.165, 1.54) is 0 Å². The first kappa shape index (κ1) is 9.50. The van der Waals surface area contributed by atoms with E-state index >= 15 is 0 Å². The molecule has 1 aromatic heterocycles. The van der Waals surface area contributed by atoms with Gasteiger partial charge in [0.25, 0.3) is 0 Å². The van der Waals surface area contributed by atoms with Gasteiger partial charge in [-0.05, 0) is 30.3 Å². The molecule has 1 nitrogen and oxygen atoms in total. The quantitative estimate of drug-likeness (QED) is 0.715. The van der Waals surface area contributed by atoms with Crippen molar-refractivity contribution in [1.29, 1.82) is 0 Å². The molecule has 69 valence electrons. The number of halogens is 2. The Bertz CT molecular complexity index is 411. The molecule has 0 aliphatic carbocycles. The second-order valence-electron chi connectivity index (χ2n) is 2.74. The van der Waals surface area contributed by atoms with Crippen LogP contribution in [0.3, 0.4) is 0 Å². The van der Waals surface area contributed by atoms with Crippen LogP contribution in [0.2, 0.25) is 10.0 Å². The van der Waals surface area contributed by atoms with Crippen molar-refractivity contribution in [3.05, 3.63) is 52.6 Å². The van der Waals surface area contributed by atoms with Crippen LogP contribution in [0.1, 0.15) is 0 Å². The lowest BCUT2D eigenvalue weighted by molar-refractivity contribution is 1.33. The summed E-state index contributed by atoms with van der Waals surface area (Å²) in [5, 5.41) is 1.22. The van der Waals surface area contributed by atoms with E-state index in [4.69, 9.17) is 23.2 Å². The summed E-state index contributed by atoms with van der Waals surface area (Å²) in [5.74, 6) is 0. The molecule has 0 fully saturated rings. The largest absolute Gasteiger partial charge is 0.255 e. The molecule has 1 radical (unpaired) electrons.